The highest BCUT2D eigenvalue weighted by Gasteiger charge is 2.21. The summed E-state index contributed by atoms with van der Waals surface area (Å²) in [5, 5.41) is 5.63. The predicted molar refractivity (Wildman–Crippen MR) is 126 cm³/mol. The third-order valence-corrected chi connectivity index (χ3v) is 5.66. The number of nitrogens with one attached hydrogen (secondary N) is 2. The third kappa shape index (κ3) is 4.42. The van der Waals surface area contributed by atoms with Gasteiger partial charge in [-0.2, -0.15) is 0 Å². The zero-order chi connectivity index (χ0) is 23.5. The number of urea groups is 1. The number of aromatic nitrogens is 2. The topological polar surface area (TPSA) is 107 Å². The van der Waals surface area contributed by atoms with Crippen LogP contribution < -0.4 is 21.2 Å². The Hall–Kier alpha value is -3.79. The lowest BCUT2D eigenvalue weighted by Gasteiger charge is -2.30. The van der Waals surface area contributed by atoms with Crippen LogP contribution in [-0.2, 0) is 23.6 Å². The van der Waals surface area contributed by atoms with E-state index in [1.807, 2.05) is 6.07 Å². The van der Waals surface area contributed by atoms with E-state index in [0.717, 1.165) is 11.2 Å². The molecule has 1 saturated heterocycles. The fourth-order valence-electron chi connectivity index (χ4n) is 3.96. The van der Waals surface area contributed by atoms with Gasteiger partial charge in [0.15, 0.2) is 0 Å². The summed E-state index contributed by atoms with van der Waals surface area (Å²) in [7, 11) is 3.42. The number of hydrogen-bond acceptors (Lipinski definition) is 6. The van der Waals surface area contributed by atoms with Crippen LogP contribution in [0.2, 0.25) is 0 Å². The Morgan fingerprint density at radius 2 is 1.64 bits per heavy atom. The minimum Gasteiger partial charge on any atom is -0.462 e. The molecule has 2 heterocycles. The van der Waals surface area contributed by atoms with Crippen LogP contribution in [0.25, 0.3) is 11.0 Å². The number of aryl methyl sites for hydroxylation is 2. The molecule has 2 aromatic carbocycles. The van der Waals surface area contributed by atoms with E-state index in [2.05, 4.69) is 15.5 Å². The van der Waals surface area contributed by atoms with Gasteiger partial charge in [0.25, 0.3) is 0 Å². The number of amides is 2. The van der Waals surface area contributed by atoms with E-state index in [9.17, 15) is 14.4 Å². The zero-order valence-corrected chi connectivity index (χ0v) is 18.9. The van der Waals surface area contributed by atoms with Gasteiger partial charge in [-0.3, -0.25) is 9.13 Å². The number of rotatable bonds is 5. The van der Waals surface area contributed by atoms with Gasteiger partial charge in [-0.15, -0.1) is 0 Å². The van der Waals surface area contributed by atoms with Gasteiger partial charge < -0.3 is 25.0 Å². The van der Waals surface area contributed by atoms with Crippen LogP contribution in [0, 0.1) is 0 Å². The maximum Gasteiger partial charge on any atom is 0.340 e. The summed E-state index contributed by atoms with van der Waals surface area (Å²) < 4.78 is 13.7. The van der Waals surface area contributed by atoms with Gasteiger partial charge in [0.1, 0.15) is 0 Å². The molecule has 174 valence electrons. The second-order valence-corrected chi connectivity index (χ2v) is 7.70. The molecule has 0 saturated carbocycles. The Bertz CT molecular complexity index is 1260. The van der Waals surface area contributed by atoms with Crippen molar-refractivity contribution in [3.8, 4) is 0 Å². The molecule has 2 N–H and O–H groups in total. The molecule has 33 heavy (non-hydrogen) atoms. The second kappa shape index (κ2) is 9.37. The fraction of sp³-hybridized carbons (Fsp3) is 0.348. The highest BCUT2D eigenvalue weighted by molar-refractivity contribution is 6.07. The Morgan fingerprint density at radius 1 is 1.00 bits per heavy atom. The lowest BCUT2D eigenvalue weighted by atomic mass is 10.1. The van der Waals surface area contributed by atoms with E-state index >= 15 is 0 Å². The zero-order valence-electron chi connectivity index (χ0n) is 18.9. The molecule has 1 fully saturated rings. The number of imidazole rings is 1. The molecular weight excluding hydrogens is 426 g/mol. The molecule has 1 aliphatic rings. The predicted octanol–water partition coefficient (Wildman–Crippen LogP) is 2.53. The minimum atomic E-state index is -0.512. The monoisotopic (exact) mass is 453 g/mol. The highest BCUT2D eigenvalue weighted by atomic mass is 16.5. The summed E-state index contributed by atoms with van der Waals surface area (Å²) in [5.41, 5.74) is 3.27. The van der Waals surface area contributed by atoms with Crippen LogP contribution in [0.15, 0.2) is 41.2 Å². The molecular formula is C23H27N5O5. The first-order chi connectivity index (χ1) is 15.9. The standard InChI is InChI=1S/C23H27N5O5/c1-4-33-21(29)15-7-5-6-8-16(15)24-22(30)25-17-13-19-20(27(3)23(31)26(19)2)14-18(17)28-9-11-32-12-10-28/h5-8,13-14H,4,9-12H2,1-3H3,(H2,24,25,30). The van der Waals surface area contributed by atoms with E-state index in [4.69, 9.17) is 9.47 Å². The molecule has 10 heteroatoms. The molecule has 0 spiro atoms. The van der Waals surface area contributed by atoms with Crippen LogP contribution in [-0.4, -0.2) is 54.0 Å². The SMILES string of the molecule is CCOC(=O)c1ccccc1NC(=O)Nc1cc2c(cc1N1CCOCC1)n(C)c(=O)n2C. The van der Waals surface area contributed by atoms with E-state index in [0.29, 0.717) is 43.2 Å². The largest absolute Gasteiger partial charge is 0.462 e. The summed E-state index contributed by atoms with van der Waals surface area (Å²) in [6.45, 7) is 4.43. The summed E-state index contributed by atoms with van der Waals surface area (Å²) in [4.78, 5) is 39.8. The molecule has 10 nitrogen and oxygen atoms in total. The number of benzene rings is 2. The van der Waals surface area contributed by atoms with Crippen molar-refractivity contribution in [1.29, 1.82) is 0 Å². The van der Waals surface area contributed by atoms with Crippen molar-refractivity contribution in [1.82, 2.24) is 9.13 Å². The van der Waals surface area contributed by atoms with E-state index in [1.165, 1.54) is 4.57 Å². The maximum atomic E-state index is 13.0. The van der Waals surface area contributed by atoms with Crippen molar-refractivity contribution in [3.05, 3.63) is 52.4 Å². The Labute approximate surface area is 190 Å². The van der Waals surface area contributed by atoms with Crippen molar-refractivity contribution in [2.45, 2.75) is 6.92 Å². The van der Waals surface area contributed by atoms with Crippen molar-refractivity contribution in [2.75, 3.05) is 48.4 Å². The molecule has 0 aliphatic carbocycles. The molecule has 3 aromatic rings. The summed E-state index contributed by atoms with van der Waals surface area (Å²) in [6, 6.07) is 9.85. The van der Waals surface area contributed by atoms with Gasteiger partial charge in [-0.25, -0.2) is 14.4 Å². The summed E-state index contributed by atoms with van der Waals surface area (Å²) >= 11 is 0. The summed E-state index contributed by atoms with van der Waals surface area (Å²) in [5.74, 6) is -0.511. The van der Waals surface area contributed by atoms with Gasteiger partial charge >= 0.3 is 17.7 Å². The number of fused-ring (bicyclic) bond motifs is 1. The Balaban J connectivity index is 1.68. The fourth-order valence-corrected chi connectivity index (χ4v) is 3.96. The molecule has 2 amide bonds. The molecule has 1 aromatic heterocycles. The average molecular weight is 453 g/mol. The molecule has 0 unspecified atom stereocenters. The van der Waals surface area contributed by atoms with Crippen molar-refractivity contribution in [2.24, 2.45) is 14.1 Å². The van der Waals surface area contributed by atoms with Crippen LogP contribution in [0.5, 0.6) is 0 Å². The van der Waals surface area contributed by atoms with Crippen molar-refractivity contribution < 1.29 is 19.1 Å². The normalized spacial score (nSPS) is 13.7. The highest BCUT2D eigenvalue weighted by Crippen LogP contribution is 2.32. The second-order valence-electron chi connectivity index (χ2n) is 7.70. The van der Waals surface area contributed by atoms with Crippen molar-refractivity contribution >= 4 is 40.1 Å². The number of anilines is 3. The molecule has 0 radical (unpaired) electrons. The van der Waals surface area contributed by atoms with Gasteiger partial charge in [-0.1, -0.05) is 12.1 Å². The van der Waals surface area contributed by atoms with Crippen LogP contribution in [0.3, 0.4) is 0 Å². The minimum absolute atomic E-state index is 0.150. The van der Waals surface area contributed by atoms with Gasteiger partial charge in [0, 0.05) is 27.2 Å². The van der Waals surface area contributed by atoms with E-state index in [1.54, 1.807) is 55.9 Å². The molecule has 0 atom stereocenters. The average Bonchev–Trinajstić information content (AvgIpc) is 3.03. The number of ether oxygens (including phenoxy) is 2. The number of para-hydroxylation sites is 1. The summed E-state index contributed by atoms with van der Waals surface area (Å²) in [6.07, 6.45) is 0. The van der Waals surface area contributed by atoms with Crippen LogP contribution in [0.1, 0.15) is 17.3 Å². The molecule has 1 aliphatic heterocycles. The maximum absolute atomic E-state index is 13.0. The van der Waals surface area contributed by atoms with Gasteiger partial charge in [-0.05, 0) is 31.2 Å². The van der Waals surface area contributed by atoms with Crippen molar-refractivity contribution in [3.63, 3.8) is 0 Å². The number of carbonyl (C=O) groups is 2. The van der Waals surface area contributed by atoms with Gasteiger partial charge in [0.05, 0.1) is 53.5 Å². The van der Waals surface area contributed by atoms with Crippen LogP contribution in [0.4, 0.5) is 21.9 Å². The quantitative estimate of drug-likeness (QED) is 0.575. The smallest absolute Gasteiger partial charge is 0.340 e. The number of esters is 1. The molecule has 4 rings (SSSR count). The van der Waals surface area contributed by atoms with Gasteiger partial charge in [0.2, 0.25) is 0 Å². The lowest BCUT2D eigenvalue weighted by Crippen LogP contribution is -2.37. The Morgan fingerprint density at radius 3 is 2.33 bits per heavy atom. The first-order valence-corrected chi connectivity index (χ1v) is 10.8. The number of hydrogen-bond donors (Lipinski definition) is 2. The van der Waals surface area contributed by atoms with Crippen LogP contribution >= 0.6 is 0 Å². The molecule has 0 bridgehead atoms. The number of nitrogens with zero attached hydrogens (tertiary/aromatic N) is 3. The first kappa shape index (κ1) is 22.4. The first-order valence-electron chi connectivity index (χ1n) is 10.8. The third-order valence-electron chi connectivity index (χ3n) is 5.66. The lowest BCUT2D eigenvalue weighted by molar-refractivity contribution is 0.0527. The number of morpholine rings is 1. The number of carbonyl (C=O) groups excluding carboxylic acids is 2. The van der Waals surface area contributed by atoms with E-state index < -0.39 is 12.0 Å². The Kier molecular flexibility index (Phi) is 6.36. The van der Waals surface area contributed by atoms with E-state index in [-0.39, 0.29) is 17.9 Å².